The van der Waals surface area contributed by atoms with E-state index in [1.165, 1.54) is 0 Å². The van der Waals surface area contributed by atoms with E-state index in [4.69, 9.17) is 21.1 Å². The molecule has 0 fully saturated rings. The number of benzene rings is 1. The quantitative estimate of drug-likeness (QED) is 0.815. The molecule has 4 heteroatoms. The zero-order valence-electron chi connectivity index (χ0n) is 10.6. The van der Waals surface area contributed by atoms with Crippen molar-refractivity contribution in [1.29, 1.82) is 0 Å². The molecule has 0 aliphatic rings. The van der Waals surface area contributed by atoms with Gasteiger partial charge in [-0.25, -0.2) is 0 Å². The molecule has 1 rings (SSSR count). The average molecular weight is 258 g/mol. The van der Waals surface area contributed by atoms with Crippen molar-refractivity contribution in [1.82, 2.24) is 5.32 Å². The molecule has 0 amide bonds. The van der Waals surface area contributed by atoms with Crippen molar-refractivity contribution in [3.8, 4) is 5.75 Å². The molecular formula is C13H20ClNO2. The van der Waals surface area contributed by atoms with Gasteiger partial charge < -0.3 is 14.8 Å². The van der Waals surface area contributed by atoms with Crippen LogP contribution in [0.3, 0.4) is 0 Å². The molecule has 1 aromatic carbocycles. The zero-order valence-corrected chi connectivity index (χ0v) is 11.4. The summed E-state index contributed by atoms with van der Waals surface area (Å²) in [5.74, 6) is 0.860. The predicted octanol–water partition coefficient (Wildman–Crippen LogP) is 2.86. The third kappa shape index (κ3) is 4.94. The highest BCUT2D eigenvalue weighted by molar-refractivity contribution is 6.30. The molecule has 3 nitrogen and oxygen atoms in total. The Bertz CT molecular complexity index is 344. The molecule has 96 valence electrons. The summed E-state index contributed by atoms with van der Waals surface area (Å²) in [5, 5.41) is 3.99. The van der Waals surface area contributed by atoms with Crippen molar-refractivity contribution in [2.75, 3.05) is 20.3 Å². The van der Waals surface area contributed by atoms with Crippen LogP contribution < -0.4 is 10.1 Å². The molecule has 0 aliphatic carbocycles. The van der Waals surface area contributed by atoms with Gasteiger partial charge in [0.25, 0.3) is 0 Å². The summed E-state index contributed by atoms with van der Waals surface area (Å²) >= 11 is 5.98. The standard InChI is InChI=1S/C13H20ClNO2/c1-4-15-8-11-7-12(14)5-6-13(11)17-9-10(2)16-3/h5-7,10,15H,4,8-9H2,1-3H3. The van der Waals surface area contributed by atoms with Crippen LogP contribution in [-0.4, -0.2) is 26.4 Å². The second-order valence-corrected chi connectivity index (χ2v) is 4.33. The van der Waals surface area contributed by atoms with Crippen molar-refractivity contribution in [3.05, 3.63) is 28.8 Å². The first-order valence-corrected chi connectivity index (χ1v) is 6.20. The Morgan fingerprint density at radius 1 is 1.41 bits per heavy atom. The van der Waals surface area contributed by atoms with E-state index in [-0.39, 0.29) is 6.10 Å². The molecule has 0 aliphatic heterocycles. The van der Waals surface area contributed by atoms with Crippen LogP contribution in [0.15, 0.2) is 18.2 Å². The molecule has 0 heterocycles. The maximum absolute atomic E-state index is 5.98. The van der Waals surface area contributed by atoms with Crippen molar-refractivity contribution < 1.29 is 9.47 Å². The number of nitrogens with one attached hydrogen (secondary N) is 1. The molecule has 0 spiro atoms. The molecule has 1 aromatic rings. The van der Waals surface area contributed by atoms with Crippen LogP contribution in [0.5, 0.6) is 5.75 Å². The van der Waals surface area contributed by atoms with Gasteiger partial charge in [-0.3, -0.25) is 0 Å². The highest BCUT2D eigenvalue weighted by atomic mass is 35.5. The fraction of sp³-hybridized carbons (Fsp3) is 0.538. The zero-order chi connectivity index (χ0) is 12.7. The van der Waals surface area contributed by atoms with E-state index >= 15 is 0 Å². The maximum Gasteiger partial charge on any atom is 0.124 e. The Labute approximate surface area is 108 Å². The minimum Gasteiger partial charge on any atom is -0.491 e. The second kappa shape index (κ2) is 7.54. The smallest absolute Gasteiger partial charge is 0.124 e. The number of hydrogen-bond acceptors (Lipinski definition) is 3. The lowest BCUT2D eigenvalue weighted by molar-refractivity contribution is 0.0713. The number of hydrogen-bond donors (Lipinski definition) is 1. The molecule has 0 bridgehead atoms. The van der Waals surface area contributed by atoms with Crippen molar-refractivity contribution in [2.24, 2.45) is 0 Å². The fourth-order valence-electron chi connectivity index (χ4n) is 1.36. The van der Waals surface area contributed by atoms with E-state index < -0.39 is 0 Å². The number of methoxy groups -OCH3 is 1. The summed E-state index contributed by atoms with van der Waals surface area (Å²) in [6, 6.07) is 5.66. The van der Waals surface area contributed by atoms with Gasteiger partial charge in [0.15, 0.2) is 0 Å². The Morgan fingerprint density at radius 3 is 2.82 bits per heavy atom. The van der Waals surface area contributed by atoms with Crippen molar-refractivity contribution in [3.63, 3.8) is 0 Å². The summed E-state index contributed by atoms with van der Waals surface area (Å²) in [6.45, 7) is 6.25. The highest BCUT2D eigenvalue weighted by Gasteiger charge is 2.06. The molecule has 0 saturated heterocycles. The SMILES string of the molecule is CCNCc1cc(Cl)ccc1OCC(C)OC. The van der Waals surface area contributed by atoms with Gasteiger partial charge >= 0.3 is 0 Å². The van der Waals surface area contributed by atoms with Gasteiger partial charge in [-0.15, -0.1) is 0 Å². The molecular weight excluding hydrogens is 238 g/mol. The average Bonchev–Trinajstić information content (AvgIpc) is 2.34. The first-order chi connectivity index (χ1) is 8.17. The van der Waals surface area contributed by atoms with Crippen molar-refractivity contribution >= 4 is 11.6 Å². The summed E-state index contributed by atoms with van der Waals surface area (Å²) in [7, 11) is 1.68. The summed E-state index contributed by atoms with van der Waals surface area (Å²) in [4.78, 5) is 0. The largest absolute Gasteiger partial charge is 0.491 e. The lowest BCUT2D eigenvalue weighted by Crippen LogP contribution is -2.18. The van der Waals surface area contributed by atoms with Gasteiger partial charge in [-0.05, 0) is 31.7 Å². The van der Waals surface area contributed by atoms with Gasteiger partial charge in [0.1, 0.15) is 12.4 Å². The van der Waals surface area contributed by atoms with Crippen LogP contribution in [-0.2, 0) is 11.3 Å². The summed E-state index contributed by atoms with van der Waals surface area (Å²) < 4.78 is 10.9. The predicted molar refractivity (Wildman–Crippen MR) is 70.8 cm³/mol. The normalized spacial score (nSPS) is 12.5. The van der Waals surface area contributed by atoms with E-state index in [1.54, 1.807) is 7.11 Å². The molecule has 0 radical (unpaired) electrons. The van der Waals surface area contributed by atoms with Gasteiger partial charge in [0, 0.05) is 24.2 Å². The number of halogens is 1. The fourth-order valence-corrected chi connectivity index (χ4v) is 1.56. The van der Waals surface area contributed by atoms with E-state index in [0.29, 0.717) is 6.61 Å². The van der Waals surface area contributed by atoms with E-state index in [9.17, 15) is 0 Å². The lowest BCUT2D eigenvalue weighted by Gasteiger charge is -2.15. The summed E-state index contributed by atoms with van der Waals surface area (Å²) in [6.07, 6.45) is 0.0812. The number of ether oxygens (including phenoxy) is 2. The molecule has 0 saturated carbocycles. The van der Waals surface area contributed by atoms with E-state index in [1.807, 2.05) is 25.1 Å². The van der Waals surface area contributed by atoms with Crippen LogP contribution in [0.25, 0.3) is 0 Å². The van der Waals surface area contributed by atoms with E-state index in [0.717, 1.165) is 29.4 Å². The van der Waals surface area contributed by atoms with Gasteiger partial charge in [0.2, 0.25) is 0 Å². The Morgan fingerprint density at radius 2 is 2.18 bits per heavy atom. The van der Waals surface area contributed by atoms with Crippen LogP contribution in [0.4, 0.5) is 0 Å². The molecule has 17 heavy (non-hydrogen) atoms. The molecule has 1 N–H and O–H groups in total. The molecule has 1 unspecified atom stereocenters. The monoisotopic (exact) mass is 257 g/mol. The summed E-state index contributed by atoms with van der Waals surface area (Å²) in [5.41, 5.74) is 1.07. The van der Waals surface area contributed by atoms with Gasteiger partial charge in [-0.1, -0.05) is 18.5 Å². The highest BCUT2D eigenvalue weighted by Crippen LogP contribution is 2.23. The molecule has 0 aromatic heterocycles. The Kier molecular flexibility index (Phi) is 6.34. The third-order valence-corrected chi connectivity index (χ3v) is 2.70. The minimum absolute atomic E-state index is 0.0812. The maximum atomic E-state index is 5.98. The van der Waals surface area contributed by atoms with Gasteiger partial charge in [-0.2, -0.15) is 0 Å². The number of rotatable bonds is 7. The first-order valence-electron chi connectivity index (χ1n) is 5.82. The Hall–Kier alpha value is -0.770. The van der Waals surface area contributed by atoms with Crippen LogP contribution >= 0.6 is 11.6 Å². The Balaban J connectivity index is 2.68. The molecule has 1 atom stereocenters. The van der Waals surface area contributed by atoms with Crippen LogP contribution in [0, 0.1) is 0 Å². The van der Waals surface area contributed by atoms with Crippen LogP contribution in [0.2, 0.25) is 5.02 Å². The van der Waals surface area contributed by atoms with Gasteiger partial charge in [0.05, 0.1) is 6.10 Å². The topological polar surface area (TPSA) is 30.5 Å². The minimum atomic E-state index is 0.0812. The second-order valence-electron chi connectivity index (χ2n) is 3.89. The van der Waals surface area contributed by atoms with Crippen LogP contribution in [0.1, 0.15) is 19.4 Å². The lowest BCUT2D eigenvalue weighted by atomic mass is 10.2. The van der Waals surface area contributed by atoms with Crippen molar-refractivity contribution in [2.45, 2.75) is 26.5 Å². The third-order valence-electron chi connectivity index (χ3n) is 2.46. The first kappa shape index (κ1) is 14.3. The van der Waals surface area contributed by atoms with E-state index in [2.05, 4.69) is 12.2 Å².